The number of fused-ring (bicyclic) bond motifs is 3. The molecule has 0 fully saturated rings. The minimum absolute atomic E-state index is 0.657. The average Bonchev–Trinajstić information content (AvgIpc) is 2.84. The van der Waals surface area contributed by atoms with E-state index in [0.29, 0.717) is 18.4 Å². The Morgan fingerprint density at radius 1 is 0.515 bits per heavy atom. The molecule has 0 unspecified atom stereocenters. The Labute approximate surface area is 198 Å². The third-order valence-electron chi connectivity index (χ3n) is 5.81. The van der Waals surface area contributed by atoms with Gasteiger partial charge >= 0.3 is 0 Å². The first-order valence-electron chi connectivity index (χ1n) is 12.9. The van der Waals surface area contributed by atoms with E-state index >= 15 is 0 Å². The van der Waals surface area contributed by atoms with Gasteiger partial charge in [-0.25, -0.2) is 9.97 Å². The third kappa shape index (κ3) is 8.47. The number of benzene rings is 1. The van der Waals surface area contributed by atoms with Crippen LogP contribution in [-0.2, 0) is 4.74 Å². The highest BCUT2D eigenvalue weighted by Crippen LogP contribution is 2.27. The summed E-state index contributed by atoms with van der Waals surface area (Å²) in [4.78, 5) is 9.38. The van der Waals surface area contributed by atoms with Gasteiger partial charge in [-0.1, -0.05) is 52.4 Å². The summed E-state index contributed by atoms with van der Waals surface area (Å²) in [6.07, 6.45) is 11.8. The molecule has 0 aliphatic heterocycles. The predicted molar refractivity (Wildman–Crippen MR) is 136 cm³/mol. The standard InChI is InChI=1S/C28H40N2O3/c1-3-5-7-8-9-10-21-32-27-17-13-23-24-14-18-28(30-26(24)16-15-25(23)29-27)33-22-12-11-20-31-19-6-4-2/h13-18H,3-12,19-22H2,1-2H3. The normalized spacial score (nSPS) is 11.3. The van der Waals surface area contributed by atoms with E-state index in [-0.39, 0.29) is 0 Å². The van der Waals surface area contributed by atoms with Crippen LogP contribution in [0.3, 0.4) is 0 Å². The molecule has 0 aliphatic carbocycles. The molecule has 2 aromatic heterocycles. The molecule has 0 radical (unpaired) electrons. The molecule has 1 aromatic carbocycles. The molecule has 3 aromatic rings. The highest BCUT2D eigenvalue weighted by molar-refractivity contribution is 6.04. The van der Waals surface area contributed by atoms with Crippen LogP contribution in [0.1, 0.15) is 78.1 Å². The van der Waals surface area contributed by atoms with E-state index in [0.717, 1.165) is 67.3 Å². The SMILES string of the molecule is CCCCCCCCOc1ccc2c(ccc3nc(OCCCCOCCCC)ccc32)n1. The van der Waals surface area contributed by atoms with Crippen molar-refractivity contribution in [2.24, 2.45) is 0 Å². The van der Waals surface area contributed by atoms with Gasteiger partial charge < -0.3 is 14.2 Å². The maximum atomic E-state index is 5.89. The van der Waals surface area contributed by atoms with Crippen molar-refractivity contribution in [3.05, 3.63) is 36.4 Å². The second-order valence-corrected chi connectivity index (χ2v) is 8.64. The van der Waals surface area contributed by atoms with Crippen LogP contribution in [0, 0.1) is 0 Å². The number of hydrogen-bond donors (Lipinski definition) is 0. The smallest absolute Gasteiger partial charge is 0.213 e. The average molecular weight is 453 g/mol. The fourth-order valence-electron chi connectivity index (χ4n) is 3.83. The zero-order valence-corrected chi connectivity index (χ0v) is 20.5. The highest BCUT2D eigenvalue weighted by atomic mass is 16.5. The Morgan fingerprint density at radius 2 is 1.00 bits per heavy atom. The molecule has 0 saturated heterocycles. The van der Waals surface area contributed by atoms with Crippen molar-refractivity contribution < 1.29 is 14.2 Å². The second-order valence-electron chi connectivity index (χ2n) is 8.64. The van der Waals surface area contributed by atoms with Gasteiger partial charge in [-0.3, -0.25) is 0 Å². The zero-order valence-electron chi connectivity index (χ0n) is 20.5. The Morgan fingerprint density at radius 3 is 1.61 bits per heavy atom. The molecule has 180 valence electrons. The summed E-state index contributed by atoms with van der Waals surface area (Å²) in [6, 6.07) is 12.1. The summed E-state index contributed by atoms with van der Waals surface area (Å²) in [5.41, 5.74) is 1.85. The van der Waals surface area contributed by atoms with Crippen molar-refractivity contribution in [3.8, 4) is 11.8 Å². The van der Waals surface area contributed by atoms with Crippen LogP contribution >= 0.6 is 0 Å². The first kappa shape index (κ1) is 25.2. The van der Waals surface area contributed by atoms with Gasteiger partial charge in [0.2, 0.25) is 11.8 Å². The molecule has 0 N–H and O–H groups in total. The molecule has 0 amide bonds. The topological polar surface area (TPSA) is 53.5 Å². The van der Waals surface area contributed by atoms with Crippen molar-refractivity contribution in [2.45, 2.75) is 78.1 Å². The van der Waals surface area contributed by atoms with Crippen LogP contribution in [0.5, 0.6) is 11.8 Å². The molecular weight excluding hydrogens is 412 g/mol. The summed E-state index contributed by atoms with van der Waals surface area (Å²) in [6.45, 7) is 7.47. The first-order valence-corrected chi connectivity index (χ1v) is 12.9. The molecule has 2 heterocycles. The second kappa shape index (κ2) is 14.7. The Kier molecular flexibility index (Phi) is 11.2. The maximum Gasteiger partial charge on any atom is 0.213 e. The van der Waals surface area contributed by atoms with E-state index in [4.69, 9.17) is 19.2 Å². The summed E-state index contributed by atoms with van der Waals surface area (Å²) in [5.74, 6) is 1.36. The minimum atomic E-state index is 0.657. The highest BCUT2D eigenvalue weighted by Gasteiger charge is 2.07. The molecule has 0 aliphatic rings. The third-order valence-corrected chi connectivity index (χ3v) is 5.81. The van der Waals surface area contributed by atoms with E-state index in [9.17, 15) is 0 Å². The van der Waals surface area contributed by atoms with E-state index in [1.807, 2.05) is 24.3 Å². The summed E-state index contributed by atoms with van der Waals surface area (Å²) in [7, 11) is 0. The summed E-state index contributed by atoms with van der Waals surface area (Å²) in [5, 5.41) is 2.17. The maximum absolute atomic E-state index is 5.89. The largest absolute Gasteiger partial charge is 0.478 e. The Hall–Kier alpha value is -2.40. The lowest BCUT2D eigenvalue weighted by Gasteiger charge is -2.09. The lowest BCUT2D eigenvalue weighted by molar-refractivity contribution is 0.123. The van der Waals surface area contributed by atoms with Gasteiger partial charge in [0.25, 0.3) is 0 Å². The number of ether oxygens (including phenoxy) is 3. The van der Waals surface area contributed by atoms with E-state index < -0.39 is 0 Å². The number of aromatic nitrogens is 2. The fraction of sp³-hybridized carbons (Fsp3) is 0.571. The number of nitrogens with zero attached hydrogens (tertiary/aromatic N) is 2. The molecule has 5 nitrogen and oxygen atoms in total. The van der Waals surface area contributed by atoms with Gasteiger partial charge in [0, 0.05) is 36.1 Å². The molecule has 33 heavy (non-hydrogen) atoms. The van der Waals surface area contributed by atoms with Crippen LogP contribution in [0.25, 0.3) is 21.8 Å². The zero-order chi connectivity index (χ0) is 23.1. The minimum Gasteiger partial charge on any atom is -0.478 e. The van der Waals surface area contributed by atoms with Gasteiger partial charge in [0.15, 0.2) is 0 Å². The van der Waals surface area contributed by atoms with Crippen LogP contribution in [0.2, 0.25) is 0 Å². The van der Waals surface area contributed by atoms with Crippen LogP contribution < -0.4 is 9.47 Å². The molecule has 0 atom stereocenters. The van der Waals surface area contributed by atoms with Gasteiger partial charge in [-0.05, 0) is 49.9 Å². The van der Waals surface area contributed by atoms with Crippen LogP contribution in [-0.4, -0.2) is 36.4 Å². The van der Waals surface area contributed by atoms with Gasteiger partial charge in [0.1, 0.15) is 0 Å². The molecule has 0 saturated carbocycles. The monoisotopic (exact) mass is 452 g/mol. The van der Waals surface area contributed by atoms with Crippen molar-refractivity contribution in [2.75, 3.05) is 26.4 Å². The number of pyridine rings is 2. The van der Waals surface area contributed by atoms with Crippen LogP contribution in [0.4, 0.5) is 0 Å². The van der Waals surface area contributed by atoms with E-state index in [1.165, 1.54) is 38.5 Å². The van der Waals surface area contributed by atoms with Crippen molar-refractivity contribution >= 4 is 21.8 Å². The van der Waals surface area contributed by atoms with Crippen LogP contribution in [0.15, 0.2) is 36.4 Å². The quantitative estimate of drug-likeness (QED) is 0.157. The van der Waals surface area contributed by atoms with Gasteiger partial charge in [-0.2, -0.15) is 0 Å². The van der Waals surface area contributed by atoms with Gasteiger partial charge in [-0.15, -0.1) is 0 Å². The molecule has 0 bridgehead atoms. The molecule has 3 rings (SSSR count). The van der Waals surface area contributed by atoms with E-state index in [1.54, 1.807) is 0 Å². The first-order chi connectivity index (χ1) is 16.3. The lowest BCUT2D eigenvalue weighted by atomic mass is 10.1. The molecular formula is C28H40N2O3. The Bertz CT molecular complexity index is 960. The van der Waals surface area contributed by atoms with Crippen molar-refractivity contribution in [1.29, 1.82) is 0 Å². The predicted octanol–water partition coefficient (Wildman–Crippen LogP) is 7.50. The van der Waals surface area contributed by atoms with Crippen molar-refractivity contribution in [1.82, 2.24) is 9.97 Å². The molecule has 5 heteroatoms. The van der Waals surface area contributed by atoms with Gasteiger partial charge in [0.05, 0.1) is 24.2 Å². The van der Waals surface area contributed by atoms with E-state index in [2.05, 4.69) is 31.0 Å². The Balaban J connectivity index is 1.48. The fourth-order valence-corrected chi connectivity index (χ4v) is 3.83. The number of unbranched alkanes of at least 4 members (excludes halogenated alkanes) is 7. The molecule has 0 spiro atoms. The number of rotatable bonds is 17. The summed E-state index contributed by atoms with van der Waals surface area (Å²) >= 11 is 0. The lowest BCUT2D eigenvalue weighted by Crippen LogP contribution is -2.02. The number of hydrogen-bond acceptors (Lipinski definition) is 5. The summed E-state index contributed by atoms with van der Waals surface area (Å²) < 4.78 is 17.3. The van der Waals surface area contributed by atoms with Crippen molar-refractivity contribution in [3.63, 3.8) is 0 Å².